The van der Waals surface area contributed by atoms with Crippen LogP contribution in [0, 0.1) is 0 Å². The molecule has 0 aromatic heterocycles. The summed E-state index contributed by atoms with van der Waals surface area (Å²) in [6.45, 7) is 4.38. The van der Waals surface area contributed by atoms with Crippen LogP contribution in [0.25, 0.3) is 0 Å². The van der Waals surface area contributed by atoms with E-state index in [1.165, 1.54) is 0 Å². The Morgan fingerprint density at radius 2 is 2.17 bits per heavy atom. The monoisotopic (exact) mass is 170 g/mol. The summed E-state index contributed by atoms with van der Waals surface area (Å²) >= 11 is 0. The number of hydrogen-bond acceptors (Lipinski definition) is 3. The normalized spacial score (nSPS) is 41.9. The highest BCUT2D eigenvalue weighted by Crippen LogP contribution is 2.23. The molecule has 0 saturated carbocycles. The van der Waals surface area contributed by atoms with Crippen LogP contribution in [0.4, 0.5) is 0 Å². The lowest BCUT2D eigenvalue weighted by Gasteiger charge is -2.17. The number of hydrogen-bond donors (Lipinski definition) is 1. The highest BCUT2D eigenvalue weighted by atomic mass is 16.6. The zero-order valence-corrected chi connectivity index (χ0v) is 7.56. The van der Waals surface area contributed by atoms with Gasteiger partial charge in [0.1, 0.15) is 20.1 Å². The first-order chi connectivity index (χ1) is 5.70. The van der Waals surface area contributed by atoms with Crippen LogP contribution < -0.4 is 0 Å². The fourth-order valence-electron chi connectivity index (χ4n) is 1.49. The molecule has 0 amide bonds. The van der Waals surface area contributed by atoms with Crippen molar-refractivity contribution in [3.05, 3.63) is 0 Å². The molecule has 1 heterocycles. The Balaban J connectivity index is 2.51. The van der Waals surface area contributed by atoms with E-state index in [4.69, 9.17) is 17.3 Å². The Hall–Kier alpha value is -0.0551. The van der Waals surface area contributed by atoms with Gasteiger partial charge in [0.05, 0.1) is 6.10 Å². The molecule has 68 valence electrons. The molecule has 0 bridgehead atoms. The maximum absolute atomic E-state index is 9.62. The van der Waals surface area contributed by atoms with Crippen LogP contribution in [0.2, 0.25) is 0 Å². The summed E-state index contributed by atoms with van der Waals surface area (Å²) in [7, 11) is 5.61. The summed E-state index contributed by atoms with van der Waals surface area (Å²) in [4.78, 5) is 0. The van der Waals surface area contributed by atoms with Crippen LogP contribution in [0.3, 0.4) is 0 Å². The minimum Gasteiger partial charge on any atom is -0.388 e. The second-order valence-corrected chi connectivity index (χ2v) is 2.96. The molecule has 4 heteroatoms. The minimum atomic E-state index is -0.579. The van der Waals surface area contributed by atoms with E-state index in [1.54, 1.807) is 0 Å². The van der Waals surface area contributed by atoms with E-state index in [0.717, 1.165) is 6.42 Å². The molecule has 0 aromatic carbocycles. The molecule has 3 nitrogen and oxygen atoms in total. The summed E-state index contributed by atoms with van der Waals surface area (Å²) in [6, 6.07) is -0.482. The fourth-order valence-corrected chi connectivity index (χ4v) is 1.49. The summed E-state index contributed by atoms with van der Waals surface area (Å²) in [5, 5.41) is 9.62. The van der Waals surface area contributed by atoms with Gasteiger partial charge in [0.15, 0.2) is 0 Å². The van der Waals surface area contributed by atoms with Crippen molar-refractivity contribution in [2.75, 3.05) is 6.61 Å². The molecule has 1 N–H and O–H groups in total. The van der Waals surface area contributed by atoms with Gasteiger partial charge >= 0.3 is 0 Å². The van der Waals surface area contributed by atoms with E-state index in [-0.39, 0.29) is 12.2 Å². The zero-order chi connectivity index (χ0) is 9.14. The third kappa shape index (κ3) is 1.81. The lowest BCUT2D eigenvalue weighted by atomic mass is 9.92. The first-order valence-electron chi connectivity index (χ1n) is 4.41. The Labute approximate surface area is 74.5 Å². The Bertz CT molecular complexity index is 142. The molecule has 1 aliphatic heterocycles. The van der Waals surface area contributed by atoms with Crippen molar-refractivity contribution in [3.63, 3.8) is 0 Å². The quantitative estimate of drug-likeness (QED) is 0.608. The SMILES string of the molecule is [B][C@@H]1O[C@H](CC)[C@H](O)C1OCC. The van der Waals surface area contributed by atoms with E-state index in [2.05, 4.69) is 0 Å². The van der Waals surface area contributed by atoms with Crippen molar-refractivity contribution in [1.82, 2.24) is 0 Å². The van der Waals surface area contributed by atoms with E-state index in [0.29, 0.717) is 6.61 Å². The van der Waals surface area contributed by atoms with Gasteiger partial charge in [-0.25, -0.2) is 0 Å². The molecule has 1 fully saturated rings. The second kappa shape index (κ2) is 4.26. The standard InChI is InChI=1S/C8H15BO3/c1-3-5-6(10)7(11-4-2)8(9)12-5/h5-8,10H,3-4H2,1-2H3/t5-,6+,7?,8-/m1/s1. The van der Waals surface area contributed by atoms with Crippen molar-refractivity contribution < 1.29 is 14.6 Å². The highest BCUT2D eigenvalue weighted by molar-refractivity contribution is 6.11. The van der Waals surface area contributed by atoms with Gasteiger partial charge in [-0.15, -0.1) is 0 Å². The van der Waals surface area contributed by atoms with Crippen LogP contribution in [0.1, 0.15) is 20.3 Å². The average molecular weight is 170 g/mol. The van der Waals surface area contributed by atoms with Crippen LogP contribution in [-0.2, 0) is 9.47 Å². The molecule has 1 saturated heterocycles. The number of aliphatic hydroxyl groups is 1. The van der Waals surface area contributed by atoms with Gasteiger partial charge in [-0.3, -0.25) is 0 Å². The molecule has 1 aliphatic rings. The van der Waals surface area contributed by atoms with Gasteiger partial charge in [0.2, 0.25) is 0 Å². The summed E-state index contributed by atoms with van der Waals surface area (Å²) in [5.41, 5.74) is 0. The molecule has 4 atom stereocenters. The van der Waals surface area contributed by atoms with Crippen molar-refractivity contribution in [2.45, 2.75) is 44.6 Å². The molecular formula is C8H15BO3. The molecule has 0 aromatic rings. The van der Waals surface area contributed by atoms with Crippen LogP contribution >= 0.6 is 0 Å². The van der Waals surface area contributed by atoms with Crippen LogP contribution in [0.5, 0.6) is 0 Å². The molecule has 1 rings (SSSR count). The molecule has 1 unspecified atom stereocenters. The van der Waals surface area contributed by atoms with Crippen molar-refractivity contribution in [3.8, 4) is 0 Å². The summed E-state index contributed by atoms with van der Waals surface area (Å²) in [5.74, 6) is 0. The molecular weight excluding hydrogens is 155 g/mol. The van der Waals surface area contributed by atoms with Gasteiger partial charge in [0.25, 0.3) is 0 Å². The lowest BCUT2D eigenvalue weighted by Crippen LogP contribution is -2.35. The first-order valence-corrected chi connectivity index (χ1v) is 4.41. The Kier molecular flexibility index (Phi) is 3.56. The van der Waals surface area contributed by atoms with Crippen molar-refractivity contribution >= 4 is 7.85 Å². The van der Waals surface area contributed by atoms with Crippen LogP contribution in [0.15, 0.2) is 0 Å². The van der Waals surface area contributed by atoms with Crippen molar-refractivity contribution in [1.29, 1.82) is 0 Å². The number of rotatable bonds is 3. The maximum Gasteiger partial charge on any atom is 0.112 e. The van der Waals surface area contributed by atoms with Gasteiger partial charge in [0, 0.05) is 12.6 Å². The van der Waals surface area contributed by atoms with E-state index >= 15 is 0 Å². The smallest absolute Gasteiger partial charge is 0.112 e. The topological polar surface area (TPSA) is 38.7 Å². The van der Waals surface area contributed by atoms with Crippen molar-refractivity contribution in [2.24, 2.45) is 0 Å². The van der Waals surface area contributed by atoms with Crippen LogP contribution in [-0.4, -0.2) is 43.9 Å². The average Bonchev–Trinajstić information content (AvgIpc) is 2.32. The van der Waals surface area contributed by atoms with E-state index in [9.17, 15) is 5.11 Å². The van der Waals surface area contributed by atoms with Gasteiger partial charge in [-0.1, -0.05) is 6.92 Å². The summed E-state index contributed by atoms with van der Waals surface area (Å²) < 4.78 is 10.6. The third-order valence-corrected chi connectivity index (χ3v) is 2.13. The molecule has 12 heavy (non-hydrogen) atoms. The van der Waals surface area contributed by atoms with E-state index in [1.807, 2.05) is 13.8 Å². The Morgan fingerprint density at radius 1 is 1.50 bits per heavy atom. The van der Waals surface area contributed by atoms with Gasteiger partial charge in [-0.2, -0.15) is 0 Å². The van der Waals surface area contributed by atoms with Gasteiger partial charge in [-0.05, 0) is 13.3 Å². The predicted octanol–water partition coefficient (Wildman–Crippen LogP) is 0.0558. The first kappa shape index (κ1) is 10.0. The van der Waals surface area contributed by atoms with Gasteiger partial charge < -0.3 is 14.6 Å². The zero-order valence-electron chi connectivity index (χ0n) is 7.56. The fraction of sp³-hybridized carbons (Fsp3) is 1.00. The maximum atomic E-state index is 9.62. The highest BCUT2D eigenvalue weighted by Gasteiger charge is 2.40. The predicted molar refractivity (Wildman–Crippen MR) is 46.1 cm³/mol. The molecule has 0 aliphatic carbocycles. The third-order valence-electron chi connectivity index (χ3n) is 2.13. The summed E-state index contributed by atoms with van der Waals surface area (Å²) in [6.07, 6.45) is -0.347. The largest absolute Gasteiger partial charge is 0.388 e. The minimum absolute atomic E-state index is 0.170. The Morgan fingerprint density at radius 3 is 2.58 bits per heavy atom. The lowest BCUT2D eigenvalue weighted by molar-refractivity contribution is -0.0167. The number of aliphatic hydroxyl groups excluding tert-OH is 1. The molecule has 2 radical (unpaired) electrons. The number of ether oxygens (including phenoxy) is 2. The second-order valence-electron chi connectivity index (χ2n) is 2.96. The molecule has 0 spiro atoms. The van der Waals surface area contributed by atoms with E-state index < -0.39 is 12.1 Å².